The van der Waals surface area contributed by atoms with Crippen LogP contribution in [0, 0.1) is 11.3 Å². The Morgan fingerprint density at radius 1 is 1.10 bits per heavy atom. The number of methoxy groups -OCH3 is 1. The van der Waals surface area contributed by atoms with Crippen LogP contribution in [0.3, 0.4) is 0 Å². The van der Waals surface area contributed by atoms with E-state index in [1.807, 2.05) is 6.07 Å². The van der Waals surface area contributed by atoms with Crippen molar-refractivity contribution in [1.29, 1.82) is 5.26 Å². The van der Waals surface area contributed by atoms with Gasteiger partial charge in [0.05, 0.1) is 46.2 Å². The van der Waals surface area contributed by atoms with Crippen LogP contribution in [0.5, 0.6) is 11.5 Å². The molecule has 8 nitrogen and oxygen atoms in total. The number of thioether (sulfide) groups is 1. The molecule has 0 saturated carbocycles. The van der Waals surface area contributed by atoms with Gasteiger partial charge in [-0.1, -0.05) is 59.8 Å². The first-order valence-corrected chi connectivity index (χ1v) is 13.2. The van der Waals surface area contributed by atoms with Crippen LogP contribution < -0.4 is 20.7 Å². The number of halogens is 1. The summed E-state index contributed by atoms with van der Waals surface area (Å²) in [4.78, 5) is 26.2. The quantitative estimate of drug-likeness (QED) is 0.276. The number of phenols is 1. The van der Waals surface area contributed by atoms with Crippen molar-refractivity contribution in [2.24, 2.45) is 0 Å². The molecule has 10 heteroatoms. The van der Waals surface area contributed by atoms with E-state index >= 15 is 0 Å². The summed E-state index contributed by atoms with van der Waals surface area (Å²) in [5, 5.41) is 30.1. The molecule has 4 N–H and O–H groups in total. The van der Waals surface area contributed by atoms with Gasteiger partial charge in [-0.25, -0.2) is 0 Å². The predicted octanol–water partition coefficient (Wildman–Crippen LogP) is 5.76. The lowest BCUT2D eigenvalue weighted by molar-refractivity contribution is -0.114. The number of nitrogens with zero attached hydrogens (tertiary/aromatic N) is 1. The van der Waals surface area contributed by atoms with Gasteiger partial charge in [0.25, 0.3) is 5.91 Å². The number of rotatable bonds is 8. The predicted molar refractivity (Wildman–Crippen MR) is 153 cm³/mol. The van der Waals surface area contributed by atoms with Crippen LogP contribution in [0.15, 0.2) is 94.7 Å². The Labute approximate surface area is 235 Å². The molecule has 0 saturated heterocycles. The van der Waals surface area contributed by atoms with E-state index in [4.69, 9.17) is 16.3 Å². The Balaban J connectivity index is 1.68. The Hall–Kier alpha value is -4.39. The number of dihydropyridines is 1. The van der Waals surface area contributed by atoms with Gasteiger partial charge in [0.1, 0.15) is 0 Å². The highest BCUT2D eigenvalue weighted by atomic mass is 35.5. The van der Waals surface area contributed by atoms with E-state index in [0.29, 0.717) is 38.3 Å². The third-order valence-electron chi connectivity index (χ3n) is 5.96. The largest absolute Gasteiger partial charge is 0.504 e. The zero-order valence-electron chi connectivity index (χ0n) is 21.1. The van der Waals surface area contributed by atoms with E-state index < -0.39 is 11.8 Å². The smallest absolute Gasteiger partial charge is 0.254 e. The average molecular weight is 561 g/mol. The summed E-state index contributed by atoms with van der Waals surface area (Å²) in [6, 6.07) is 22.8. The number of hydrogen-bond donors (Lipinski definition) is 4. The maximum atomic E-state index is 13.5. The van der Waals surface area contributed by atoms with Crippen molar-refractivity contribution in [2.45, 2.75) is 12.8 Å². The number of anilines is 2. The van der Waals surface area contributed by atoms with Gasteiger partial charge in [0, 0.05) is 17.0 Å². The number of carbonyl (C=O) groups is 2. The second-order valence-electron chi connectivity index (χ2n) is 8.52. The van der Waals surface area contributed by atoms with Crippen LogP contribution in [0.25, 0.3) is 0 Å². The fourth-order valence-corrected chi connectivity index (χ4v) is 5.22. The van der Waals surface area contributed by atoms with E-state index in [-0.39, 0.29) is 28.7 Å². The van der Waals surface area contributed by atoms with E-state index in [9.17, 15) is 20.0 Å². The summed E-state index contributed by atoms with van der Waals surface area (Å²) in [5.41, 5.74) is 2.76. The van der Waals surface area contributed by atoms with Crippen molar-refractivity contribution in [2.75, 3.05) is 23.5 Å². The van der Waals surface area contributed by atoms with E-state index in [2.05, 4.69) is 22.0 Å². The average Bonchev–Trinajstić information content (AvgIpc) is 2.93. The lowest BCUT2D eigenvalue weighted by atomic mass is 9.82. The topological polar surface area (TPSA) is 123 Å². The molecule has 39 heavy (non-hydrogen) atoms. The minimum atomic E-state index is -0.788. The molecular weight excluding hydrogens is 536 g/mol. The zero-order valence-corrected chi connectivity index (χ0v) is 22.7. The molecule has 1 aliphatic rings. The van der Waals surface area contributed by atoms with Crippen molar-refractivity contribution in [3.63, 3.8) is 0 Å². The van der Waals surface area contributed by atoms with E-state index in [1.165, 1.54) is 13.2 Å². The Kier molecular flexibility index (Phi) is 8.81. The molecule has 0 fully saturated rings. The SMILES string of the molecule is COc1cc([C@H]2C(C#N)=C(SCC(=O)Nc3ccccc3Cl)NC(C)=C2C(=O)Nc2ccccc2)ccc1O. The third-order valence-corrected chi connectivity index (χ3v) is 7.30. The molecule has 198 valence electrons. The summed E-state index contributed by atoms with van der Waals surface area (Å²) < 4.78 is 5.29. The molecule has 0 radical (unpaired) electrons. The fourth-order valence-electron chi connectivity index (χ4n) is 4.14. The Morgan fingerprint density at radius 3 is 2.51 bits per heavy atom. The molecule has 1 aliphatic heterocycles. The zero-order chi connectivity index (χ0) is 27.9. The number of benzene rings is 3. The van der Waals surface area contributed by atoms with Gasteiger partial charge in [-0.05, 0) is 48.9 Å². The standard InChI is InChI=1S/C29H25ClN4O4S/c1-17-26(28(37)33-19-8-4-3-5-9-19)27(18-12-13-23(35)24(14-18)38-2)20(15-31)29(32-17)39-16-25(36)34-22-11-7-6-10-21(22)30/h3-14,27,32,35H,16H2,1-2H3,(H,33,37)(H,34,36)/t27-/m0/s1. The van der Waals surface area contributed by atoms with Crippen LogP contribution in [-0.2, 0) is 9.59 Å². The van der Waals surface area contributed by atoms with Crippen LogP contribution >= 0.6 is 23.4 Å². The third kappa shape index (κ3) is 6.37. The van der Waals surface area contributed by atoms with Crippen LogP contribution in [0.4, 0.5) is 11.4 Å². The number of aromatic hydroxyl groups is 1. The minimum Gasteiger partial charge on any atom is -0.504 e. The summed E-state index contributed by atoms with van der Waals surface area (Å²) in [6.07, 6.45) is 0. The van der Waals surface area contributed by atoms with Crippen molar-refractivity contribution in [3.8, 4) is 17.6 Å². The molecule has 3 aromatic carbocycles. The number of nitrogens with one attached hydrogen (secondary N) is 3. The van der Waals surface area contributed by atoms with Crippen molar-refractivity contribution < 1.29 is 19.4 Å². The summed E-state index contributed by atoms with van der Waals surface area (Å²) in [7, 11) is 1.42. The number of ether oxygens (including phenoxy) is 1. The van der Waals surface area contributed by atoms with Gasteiger partial charge in [-0.3, -0.25) is 9.59 Å². The maximum absolute atomic E-state index is 13.5. The van der Waals surface area contributed by atoms with Crippen LogP contribution in [-0.4, -0.2) is 29.8 Å². The van der Waals surface area contributed by atoms with Gasteiger partial charge < -0.3 is 25.8 Å². The highest BCUT2D eigenvalue weighted by Crippen LogP contribution is 2.43. The highest BCUT2D eigenvalue weighted by molar-refractivity contribution is 8.03. The minimum absolute atomic E-state index is 0.0107. The van der Waals surface area contributed by atoms with Crippen molar-refractivity contribution in [3.05, 3.63) is 105 Å². The maximum Gasteiger partial charge on any atom is 0.254 e. The highest BCUT2D eigenvalue weighted by Gasteiger charge is 2.35. The number of amides is 2. The first-order chi connectivity index (χ1) is 18.8. The monoisotopic (exact) mass is 560 g/mol. The molecular formula is C29H25ClN4O4S. The number of hydrogen-bond acceptors (Lipinski definition) is 7. The van der Waals surface area contributed by atoms with Gasteiger partial charge >= 0.3 is 0 Å². The molecule has 4 rings (SSSR count). The summed E-state index contributed by atoms with van der Waals surface area (Å²) >= 11 is 7.29. The summed E-state index contributed by atoms with van der Waals surface area (Å²) in [6.45, 7) is 1.74. The molecule has 1 atom stereocenters. The molecule has 0 unspecified atom stereocenters. The molecule has 3 aromatic rings. The number of para-hydroxylation sites is 2. The molecule has 0 aliphatic carbocycles. The van der Waals surface area contributed by atoms with Gasteiger partial charge in [-0.15, -0.1) is 0 Å². The van der Waals surface area contributed by atoms with E-state index in [0.717, 1.165) is 11.8 Å². The molecule has 0 bridgehead atoms. The second-order valence-corrected chi connectivity index (χ2v) is 9.91. The molecule has 0 spiro atoms. The lowest BCUT2D eigenvalue weighted by Gasteiger charge is -2.30. The van der Waals surface area contributed by atoms with E-state index in [1.54, 1.807) is 67.6 Å². The fraction of sp³-hybridized carbons (Fsp3) is 0.138. The van der Waals surface area contributed by atoms with Crippen molar-refractivity contribution >= 4 is 46.6 Å². The molecule has 1 heterocycles. The number of phenolic OH excluding ortho intramolecular Hbond substituents is 1. The normalized spacial score (nSPS) is 14.8. The van der Waals surface area contributed by atoms with Crippen LogP contribution in [0.1, 0.15) is 18.4 Å². The first kappa shape index (κ1) is 27.6. The Bertz CT molecular complexity index is 1520. The molecule has 0 aromatic heterocycles. The molecule has 2 amide bonds. The summed E-state index contributed by atoms with van der Waals surface area (Å²) in [5.74, 6) is -1.36. The van der Waals surface area contributed by atoms with Crippen LogP contribution in [0.2, 0.25) is 5.02 Å². The first-order valence-electron chi connectivity index (χ1n) is 11.8. The van der Waals surface area contributed by atoms with Gasteiger partial charge in [0.15, 0.2) is 11.5 Å². The number of carbonyl (C=O) groups excluding carboxylic acids is 2. The number of allylic oxidation sites excluding steroid dienone is 2. The Morgan fingerprint density at radius 2 is 1.82 bits per heavy atom. The van der Waals surface area contributed by atoms with Gasteiger partial charge in [-0.2, -0.15) is 5.26 Å². The number of nitriles is 1. The van der Waals surface area contributed by atoms with Crippen molar-refractivity contribution in [1.82, 2.24) is 5.32 Å². The van der Waals surface area contributed by atoms with Gasteiger partial charge in [0.2, 0.25) is 5.91 Å². The lowest BCUT2D eigenvalue weighted by Crippen LogP contribution is -2.31. The second kappa shape index (κ2) is 12.4.